The van der Waals surface area contributed by atoms with Crippen molar-refractivity contribution in [3.63, 3.8) is 0 Å². The predicted octanol–water partition coefficient (Wildman–Crippen LogP) is 3.27. The van der Waals surface area contributed by atoms with Gasteiger partial charge in [-0.1, -0.05) is 28.1 Å². The number of Topliss-reactive ketones (excluding diaryl/α,β-unsaturated/α-hetero) is 1. The van der Waals surface area contributed by atoms with E-state index in [1.165, 1.54) is 31.2 Å². The van der Waals surface area contributed by atoms with Gasteiger partial charge >= 0.3 is 0 Å². The molecule has 2 aromatic rings. The van der Waals surface area contributed by atoms with Crippen molar-refractivity contribution in [3.8, 4) is 0 Å². The van der Waals surface area contributed by atoms with E-state index in [-0.39, 0.29) is 29.6 Å². The van der Waals surface area contributed by atoms with E-state index in [1.54, 1.807) is 6.07 Å². The van der Waals surface area contributed by atoms with E-state index in [0.29, 0.717) is 11.3 Å². The van der Waals surface area contributed by atoms with Gasteiger partial charge in [0.25, 0.3) is 0 Å². The highest BCUT2D eigenvalue weighted by Crippen LogP contribution is 2.20. The van der Waals surface area contributed by atoms with Crippen molar-refractivity contribution in [2.24, 2.45) is 0 Å². The van der Waals surface area contributed by atoms with Gasteiger partial charge in [0.15, 0.2) is 5.78 Å². The minimum Gasteiger partial charge on any atom is -0.326 e. The summed E-state index contributed by atoms with van der Waals surface area (Å²) in [5.41, 5.74) is 2.07. The average Bonchev–Trinajstić information content (AvgIpc) is 2.58. The van der Waals surface area contributed by atoms with Gasteiger partial charge in [-0.3, -0.25) is 9.59 Å². The van der Waals surface area contributed by atoms with Crippen LogP contribution in [0.4, 0.5) is 5.69 Å². The zero-order valence-corrected chi connectivity index (χ0v) is 16.8. The van der Waals surface area contributed by atoms with E-state index < -0.39 is 10.0 Å². The Hall–Kier alpha value is -2.03. The third-order valence-electron chi connectivity index (χ3n) is 3.66. The molecule has 0 aliphatic rings. The fourth-order valence-corrected chi connectivity index (χ4v) is 3.48. The molecule has 6 nitrogen and oxygen atoms in total. The van der Waals surface area contributed by atoms with E-state index >= 15 is 0 Å². The van der Waals surface area contributed by atoms with Crippen LogP contribution >= 0.6 is 15.9 Å². The molecule has 2 N–H and O–H groups in total. The molecular weight excluding hydrogens is 420 g/mol. The number of anilines is 1. The molecular formula is C18H19BrN2O4S. The second-order valence-corrected chi connectivity index (χ2v) is 8.36. The number of nitrogens with one attached hydrogen (secondary N) is 2. The summed E-state index contributed by atoms with van der Waals surface area (Å²) >= 11 is 3.39. The number of halogens is 1. The number of ketones is 1. The molecule has 0 heterocycles. The highest BCUT2D eigenvalue weighted by Gasteiger charge is 2.14. The molecule has 26 heavy (non-hydrogen) atoms. The van der Waals surface area contributed by atoms with Crippen molar-refractivity contribution < 1.29 is 18.0 Å². The van der Waals surface area contributed by atoms with Crippen molar-refractivity contribution in [3.05, 3.63) is 58.1 Å². The zero-order valence-electron chi connectivity index (χ0n) is 14.4. The van der Waals surface area contributed by atoms with E-state index in [9.17, 15) is 18.0 Å². The molecule has 0 aliphatic carbocycles. The minimum absolute atomic E-state index is 0.000128. The molecule has 0 fully saturated rings. The van der Waals surface area contributed by atoms with Crippen LogP contribution < -0.4 is 10.0 Å². The Morgan fingerprint density at radius 2 is 1.73 bits per heavy atom. The highest BCUT2D eigenvalue weighted by molar-refractivity contribution is 9.10. The maximum atomic E-state index is 12.2. The van der Waals surface area contributed by atoms with Crippen LogP contribution in [0, 0.1) is 6.92 Å². The molecule has 2 rings (SSSR count). The standard InChI is InChI=1S/C18H19BrN2O4S/c1-12-11-15(5-8-17(12)19)21-18(23)9-10-20-26(24,25)16-6-3-14(4-7-16)13(2)22/h3-8,11,20H,9-10H2,1-2H3,(H,21,23). The van der Waals surface area contributed by atoms with Crippen LogP contribution in [0.25, 0.3) is 0 Å². The Labute approximate surface area is 161 Å². The van der Waals surface area contributed by atoms with Gasteiger partial charge in [-0.25, -0.2) is 13.1 Å². The van der Waals surface area contributed by atoms with Crippen molar-refractivity contribution in [2.75, 3.05) is 11.9 Å². The van der Waals surface area contributed by atoms with Crippen LogP contribution in [0.1, 0.15) is 29.3 Å². The quantitative estimate of drug-likeness (QED) is 0.648. The van der Waals surface area contributed by atoms with Gasteiger partial charge < -0.3 is 5.32 Å². The number of hydrogen-bond acceptors (Lipinski definition) is 4. The average molecular weight is 439 g/mol. The Morgan fingerprint density at radius 3 is 2.31 bits per heavy atom. The summed E-state index contributed by atoms with van der Waals surface area (Å²) in [6.45, 7) is 3.29. The van der Waals surface area contributed by atoms with Gasteiger partial charge in [-0.05, 0) is 49.7 Å². The molecule has 138 valence electrons. The van der Waals surface area contributed by atoms with E-state index in [1.807, 2.05) is 19.1 Å². The lowest BCUT2D eigenvalue weighted by Crippen LogP contribution is -2.27. The number of rotatable bonds is 7. The van der Waals surface area contributed by atoms with E-state index in [0.717, 1.165) is 10.0 Å². The Kier molecular flexibility index (Phi) is 6.69. The largest absolute Gasteiger partial charge is 0.326 e. The van der Waals surface area contributed by atoms with Gasteiger partial charge in [0.2, 0.25) is 15.9 Å². The smallest absolute Gasteiger partial charge is 0.240 e. The lowest BCUT2D eigenvalue weighted by atomic mass is 10.2. The first-order valence-corrected chi connectivity index (χ1v) is 10.1. The Bertz CT molecular complexity index is 925. The third-order valence-corrected chi connectivity index (χ3v) is 6.02. The zero-order chi connectivity index (χ0) is 19.3. The summed E-state index contributed by atoms with van der Waals surface area (Å²) in [4.78, 5) is 23.2. The van der Waals surface area contributed by atoms with Crippen LogP contribution in [0.5, 0.6) is 0 Å². The highest BCUT2D eigenvalue weighted by atomic mass is 79.9. The van der Waals surface area contributed by atoms with Crippen LogP contribution in [0.2, 0.25) is 0 Å². The molecule has 0 atom stereocenters. The molecule has 0 radical (unpaired) electrons. The van der Waals surface area contributed by atoms with Gasteiger partial charge in [0.1, 0.15) is 0 Å². The minimum atomic E-state index is -3.73. The summed E-state index contributed by atoms with van der Waals surface area (Å²) < 4.78 is 27.7. The lowest BCUT2D eigenvalue weighted by Gasteiger charge is -2.09. The third kappa shape index (κ3) is 5.48. The first-order valence-electron chi connectivity index (χ1n) is 7.86. The molecule has 8 heteroatoms. The van der Waals surface area contributed by atoms with Gasteiger partial charge in [0, 0.05) is 28.7 Å². The fourth-order valence-electron chi connectivity index (χ4n) is 2.20. The lowest BCUT2D eigenvalue weighted by molar-refractivity contribution is -0.116. The van der Waals surface area contributed by atoms with Crippen molar-refractivity contribution in [2.45, 2.75) is 25.2 Å². The summed E-state index contributed by atoms with van der Waals surface area (Å²) in [6.07, 6.45) is -0.000128. The summed E-state index contributed by atoms with van der Waals surface area (Å²) in [7, 11) is -3.73. The molecule has 0 spiro atoms. The monoisotopic (exact) mass is 438 g/mol. The fraction of sp³-hybridized carbons (Fsp3) is 0.222. The van der Waals surface area contributed by atoms with E-state index in [2.05, 4.69) is 26.0 Å². The number of carbonyl (C=O) groups is 2. The first-order chi connectivity index (χ1) is 12.2. The molecule has 0 saturated heterocycles. The summed E-state index contributed by atoms with van der Waals surface area (Å²) in [5.74, 6) is -0.428. The van der Waals surface area contributed by atoms with Gasteiger partial charge in [-0.15, -0.1) is 0 Å². The molecule has 2 aromatic carbocycles. The number of hydrogen-bond donors (Lipinski definition) is 2. The second-order valence-electron chi connectivity index (χ2n) is 5.74. The molecule has 0 unspecified atom stereocenters. The molecule has 0 aromatic heterocycles. The molecule has 0 saturated carbocycles. The van der Waals surface area contributed by atoms with E-state index in [4.69, 9.17) is 0 Å². The second kappa shape index (κ2) is 8.57. The van der Waals surface area contributed by atoms with Crippen molar-refractivity contribution in [1.29, 1.82) is 0 Å². The van der Waals surface area contributed by atoms with Crippen LogP contribution in [0.3, 0.4) is 0 Å². The summed E-state index contributed by atoms with van der Waals surface area (Å²) in [5, 5.41) is 2.72. The molecule has 0 bridgehead atoms. The number of benzene rings is 2. The maximum absolute atomic E-state index is 12.2. The molecule has 1 amide bonds. The van der Waals surface area contributed by atoms with Gasteiger partial charge in [-0.2, -0.15) is 0 Å². The van der Waals surface area contributed by atoms with Gasteiger partial charge in [0.05, 0.1) is 4.90 Å². The van der Waals surface area contributed by atoms with Crippen LogP contribution in [-0.2, 0) is 14.8 Å². The van der Waals surface area contributed by atoms with Crippen LogP contribution in [0.15, 0.2) is 51.8 Å². The van der Waals surface area contributed by atoms with Crippen molar-refractivity contribution in [1.82, 2.24) is 4.72 Å². The van der Waals surface area contributed by atoms with Crippen molar-refractivity contribution >= 4 is 43.3 Å². The number of carbonyl (C=O) groups excluding carboxylic acids is 2. The molecule has 0 aliphatic heterocycles. The Morgan fingerprint density at radius 1 is 1.08 bits per heavy atom. The summed E-state index contributed by atoms with van der Waals surface area (Å²) in [6, 6.07) is 11.1. The normalized spacial score (nSPS) is 11.2. The maximum Gasteiger partial charge on any atom is 0.240 e. The van der Waals surface area contributed by atoms with Crippen LogP contribution in [-0.4, -0.2) is 26.7 Å². The first kappa shape index (κ1) is 20.3. The predicted molar refractivity (Wildman–Crippen MR) is 104 cm³/mol. The number of aryl methyl sites for hydroxylation is 1. The number of amides is 1. The topological polar surface area (TPSA) is 92.3 Å². The number of sulfonamides is 1. The SMILES string of the molecule is CC(=O)c1ccc(S(=O)(=O)NCCC(=O)Nc2ccc(Br)c(C)c2)cc1. The Balaban J connectivity index is 1.90.